The van der Waals surface area contributed by atoms with Gasteiger partial charge in [-0.15, -0.1) is 0 Å². The third-order valence-corrected chi connectivity index (χ3v) is 4.65. The van der Waals surface area contributed by atoms with Crippen molar-refractivity contribution in [1.29, 1.82) is 0 Å². The fourth-order valence-corrected chi connectivity index (χ4v) is 3.28. The second-order valence-electron chi connectivity index (χ2n) is 6.90. The van der Waals surface area contributed by atoms with Crippen LogP contribution in [0.1, 0.15) is 11.1 Å². The van der Waals surface area contributed by atoms with Gasteiger partial charge in [-0.05, 0) is 31.2 Å². The highest BCUT2D eigenvalue weighted by Gasteiger charge is 2.23. The van der Waals surface area contributed by atoms with Crippen molar-refractivity contribution in [2.75, 3.05) is 33.9 Å². The Labute approximate surface area is 159 Å². The highest BCUT2D eigenvalue weighted by Crippen LogP contribution is 2.35. The molecule has 1 atom stereocenters. The molecule has 2 aromatic carbocycles. The molecule has 0 aromatic heterocycles. The second-order valence-corrected chi connectivity index (χ2v) is 6.90. The van der Waals surface area contributed by atoms with Gasteiger partial charge in [-0.25, -0.2) is 4.39 Å². The van der Waals surface area contributed by atoms with Crippen LogP contribution in [0.15, 0.2) is 42.5 Å². The molecule has 0 bridgehead atoms. The number of amides is 1. The molecular formula is C21H25FN2O3. The number of hydrogen-bond acceptors (Lipinski definition) is 4. The van der Waals surface area contributed by atoms with Gasteiger partial charge in [0.2, 0.25) is 5.91 Å². The Morgan fingerprint density at radius 2 is 2.11 bits per heavy atom. The smallest absolute Gasteiger partial charge is 0.234 e. The van der Waals surface area contributed by atoms with E-state index in [1.807, 2.05) is 18.2 Å². The van der Waals surface area contributed by atoms with E-state index in [9.17, 15) is 9.18 Å². The number of nitrogens with zero attached hydrogens (tertiary/aromatic N) is 1. The number of fused-ring (bicyclic) bond motifs is 1. The predicted octanol–water partition coefficient (Wildman–Crippen LogP) is 2.63. The molecule has 1 amide bonds. The third-order valence-electron chi connectivity index (χ3n) is 4.65. The Hall–Kier alpha value is -2.60. The van der Waals surface area contributed by atoms with Crippen molar-refractivity contribution in [1.82, 2.24) is 10.2 Å². The average molecular weight is 372 g/mol. The molecule has 27 heavy (non-hydrogen) atoms. The van der Waals surface area contributed by atoms with E-state index in [4.69, 9.17) is 9.47 Å². The van der Waals surface area contributed by atoms with Gasteiger partial charge in [0.1, 0.15) is 5.82 Å². The lowest BCUT2D eigenvalue weighted by molar-refractivity contribution is -0.122. The lowest BCUT2D eigenvalue weighted by Gasteiger charge is -2.27. The summed E-state index contributed by atoms with van der Waals surface area (Å²) in [6.45, 7) is 1.69. The van der Waals surface area contributed by atoms with Crippen molar-refractivity contribution in [3.63, 3.8) is 0 Å². The number of para-hydroxylation sites is 1. The van der Waals surface area contributed by atoms with E-state index in [1.54, 1.807) is 37.3 Å². The molecule has 0 saturated heterocycles. The number of nitrogens with one attached hydrogen (secondary N) is 1. The van der Waals surface area contributed by atoms with E-state index in [0.29, 0.717) is 25.3 Å². The van der Waals surface area contributed by atoms with Crippen LogP contribution in [0.2, 0.25) is 0 Å². The fraction of sp³-hybridized carbons (Fsp3) is 0.381. The Kier molecular flexibility index (Phi) is 6.29. The SMILES string of the molecule is COc1cccc2c1OC[C@@H](CNC(=O)CN(C)Cc1ccccc1F)C2. The molecule has 1 N–H and O–H groups in total. The summed E-state index contributed by atoms with van der Waals surface area (Å²) in [4.78, 5) is 14.0. The monoisotopic (exact) mass is 372 g/mol. The normalized spacial score (nSPS) is 15.8. The molecule has 0 radical (unpaired) electrons. The summed E-state index contributed by atoms with van der Waals surface area (Å²) in [5.74, 6) is 1.42. The first-order chi connectivity index (χ1) is 13.1. The zero-order valence-electron chi connectivity index (χ0n) is 15.7. The van der Waals surface area contributed by atoms with Gasteiger partial charge < -0.3 is 14.8 Å². The van der Waals surface area contributed by atoms with Crippen LogP contribution in [0.5, 0.6) is 11.5 Å². The zero-order chi connectivity index (χ0) is 19.2. The molecule has 1 heterocycles. The van der Waals surface area contributed by atoms with Crippen LogP contribution in [-0.2, 0) is 17.8 Å². The number of halogens is 1. The molecule has 6 heteroatoms. The molecule has 3 rings (SSSR count). The van der Waals surface area contributed by atoms with E-state index in [1.165, 1.54) is 6.07 Å². The van der Waals surface area contributed by atoms with Gasteiger partial charge in [-0.1, -0.05) is 30.3 Å². The van der Waals surface area contributed by atoms with Crippen molar-refractivity contribution in [3.05, 3.63) is 59.4 Å². The number of ether oxygens (including phenoxy) is 2. The van der Waals surface area contributed by atoms with E-state index in [0.717, 1.165) is 23.5 Å². The minimum absolute atomic E-state index is 0.0784. The molecule has 1 aliphatic rings. The number of methoxy groups -OCH3 is 1. The maximum absolute atomic E-state index is 13.7. The van der Waals surface area contributed by atoms with Crippen LogP contribution < -0.4 is 14.8 Å². The number of likely N-dealkylation sites (N-methyl/N-ethyl adjacent to an activating group) is 1. The minimum atomic E-state index is -0.252. The highest BCUT2D eigenvalue weighted by molar-refractivity contribution is 5.78. The van der Waals surface area contributed by atoms with Gasteiger partial charge in [0.15, 0.2) is 11.5 Å². The Balaban J connectivity index is 1.46. The Bertz CT molecular complexity index is 797. The quantitative estimate of drug-likeness (QED) is 0.812. The maximum Gasteiger partial charge on any atom is 0.234 e. The van der Waals surface area contributed by atoms with E-state index < -0.39 is 0 Å². The van der Waals surface area contributed by atoms with Crippen LogP contribution in [0, 0.1) is 11.7 Å². The highest BCUT2D eigenvalue weighted by atomic mass is 19.1. The molecule has 2 aromatic rings. The van der Waals surface area contributed by atoms with Crippen molar-refractivity contribution >= 4 is 5.91 Å². The van der Waals surface area contributed by atoms with Crippen molar-refractivity contribution in [2.45, 2.75) is 13.0 Å². The molecule has 0 fully saturated rings. The summed E-state index contributed by atoms with van der Waals surface area (Å²) >= 11 is 0. The zero-order valence-corrected chi connectivity index (χ0v) is 15.7. The topological polar surface area (TPSA) is 50.8 Å². The number of carbonyl (C=O) groups excluding carboxylic acids is 1. The van der Waals surface area contributed by atoms with Crippen LogP contribution >= 0.6 is 0 Å². The number of benzene rings is 2. The van der Waals surface area contributed by atoms with Crippen LogP contribution in [-0.4, -0.2) is 44.7 Å². The van der Waals surface area contributed by atoms with E-state index in [-0.39, 0.29) is 24.2 Å². The average Bonchev–Trinajstić information content (AvgIpc) is 2.67. The predicted molar refractivity (Wildman–Crippen MR) is 101 cm³/mol. The third kappa shape index (κ3) is 4.98. The Morgan fingerprint density at radius 1 is 1.30 bits per heavy atom. The van der Waals surface area contributed by atoms with Crippen LogP contribution in [0.25, 0.3) is 0 Å². The molecular weight excluding hydrogens is 347 g/mol. The number of carbonyl (C=O) groups is 1. The largest absolute Gasteiger partial charge is 0.493 e. The summed E-state index contributed by atoms with van der Waals surface area (Å²) in [6.07, 6.45) is 0.831. The summed E-state index contributed by atoms with van der Waals surface area (Å²) < 4.78 is 24.9. The van der Waals surface area contributed by atoms with E-state index >= 15 is 0 Å². The molecule has 0 unspecified atom stereocenters. The minimum Gasteiger partial charge on any atom is -0.493 e. The summed E-state index contributed by atoms with van der Waals surface area (Å²) in [5, 5.41) is 2.96. The first-order valence-electron chi connectivity index (χ1n) is 9.04. The van der Waals surface area contributed by atoms with Crippen LogP contribution in [0.3, 0.4) is 0 Å². The van der Waals surface area contributed by atoms with Crippen molar-refractivity contribution < 1.29 is 18.7 Å². The van der Waals surface area contributed by atoms with Crippen LogP contribution in [0.4, 0.5) is 4.39 Å². The number of hydrogen-bond donors (Lipinski definition) is 1. The van der Waals surface area contributed by atoms with Gasteiger partial charge in [-0.2, -0.15) is 0 Å². The summed E-state index contributed by atoms with van der Waals surface area (Å²) in [6, 6.07) is 12.5. The molecule has 1 aliphatic heterocycles. The summed E-state index contributed by atoms with van der Waals surface area (Å²) in [5.41, 5.74) is 1.68. The summed E-state index contributed by atoms with van der Waals surface area (Å²) in [7, 11) is 3.43. The first kappa shape index (κ1) is 19.2. The first-order valence-corrected chi connectivity index (χ1v) is 9.04. The van der Waals surface area contributed by atoms with Crippen molar-refractivity contribution in [3.8, 4) is 11.5 Å². The molecule has 0 saturated carbocycles. The van der Waals surface area contributed by atoms with Crippen molar-refractivity contribution in [2.24, 2.45) is 5.92 Å². The molecule has 5 nitrogen and oxygen atoms in total. The van der Waals surface area contributed by atoms with Gasteiger partial charge >= 0.3 is 0 Å². The fourth-order valence-electron chi connectivity index (χ4n) is 3.28. The number of rotatable bonds is 7. The maximum atomic E-state index is 13.7. The lowest BCUT2D eigenvalue weighted by Crippen LogP contribution is -2.39. The van der Waals surface area contributed by atoms with Gasteiger partial charge in [0.05, 0.1) is 20.3 Å². The van der Waals surface area contributed by atoms with Gasteiger partial charge in [0, 0.05) is 24.6 Å². The molecule has 0 spiro atoms. The van der Waals surface area contributed by atoms with E-state index in [2.05, 4.69) is 5.32 Å². The van der Waals surface area contributed by atoms with Gasteiger partial charge in [-0.3, -0.25) is 9.69 Å². The lowest BCUT2D eigenvalue weighted by atomic mass is 9.96. The molecule has 144 valence electrons. The van der Waals surface area contributed by atoms with Gasteiger partial charge in [0.25, 0.3) is 0 Å². The second kappa shape index (κ2) is 8.86. The Morgan fingerprint density at radius 3 is 2.89 bits per heavy atom. The molecule has 0 aliphatic carbocycles. The standard InChI is InChI=1S/C21H25FN2O3/c1-24(12-17-6-3-4-8-18(17)22)13-20(25)23-11-15-10-16-7-5-9-19(26-2)21(16)27-14-15/h3-9,15H,10-14H2,1-2H3,(H,23,25)/t15-/m1/s1.